The normalized spacial score (nSPS) is 15.3. The third-order valence-corrected chi connectivity index (χ3v) is 4.52. The monoisotopic (exact) mass is 371 g/mol. The van der Waals surface area contributed by atoms with Gasteiger partial charge in [-0.3, -0.25) is 14.7 Å². The summed E-state index contributed by atoms with van der Waals surface area (Å²) < 4.78 is 5.60. The minimum Gasteiger partial charge on any atom is -0.484 e. The zero-order valence-electron chi connectivity index (χ0n) is 15.7. The average molecular weight is 371 g/mol. The quantitative estimate of drug-likeness (QED) is 0.809. The predicted molar refractivity (Wildman–Crippen MR) is 99.4 cm³/mol. The molecule has 0 unspecified atom stereocenters. The fraction of sp³-hybridized carbons (Fsp3) is 0.474. The number of aromatic nitrogens is 3. The first-order chi connectivity index (χ1) is 13.0. The molecular weight excluding hydrogens is 346 g/mol. The van der Waals surface area contributed by atoms with Crippen LogP contribution < -0.4 is 10.1 Å². The molecule has 0 radical (unpaired) electrons. The van der Waals surface area contributed by atoms with Crippen molar-refractivity contribution in [3.05, 3.63) is 41.5 Å². The molecule has 0 spiro atoms. The highest BCUT2D eigenvalue weighted by molar-refractivity contribution is 5.94. The Bertz CT molecular complexity index is 798. The standard InChI is InChI=1S/C19H25N5O3/c1-13(18-21-14(2)22-23-18)20-19(26)15-7-6-8-16(11-15)27-12-17(25)24-9-4-3-5-10-24/h6-8,11,13H,3-5,9-10,12H2,1-2H3,(H,20,26)(H,21,22,23)/t13-/m1/s1. The second kappa shape index (κ2) is 8.66. The zero-order valence-corrected chi connectivity index (χ0v) is 15.7. The summed E-state index contributed by atoms with van der Waals surface area (Å²) in [6.07, 6.45) is 3.27. The van der Waals surface area contributed by atoms with Gasteiger partial charge in [0.05, 0.1) is 6.04 Å². The molecule has 1 aromatic heterocycles. The Kier molecular flexibility index (Phi) is 6.05. The number of ether oxygens (including phenoxy) is 1. The summed E-state index contributed by atoms with van der Waals surface area (Å²) in [7, 11) is 0. The number of aryl methyl sites for hydroxylation is 1. The second-order valence-corrected chi connectivity index (χ2v) is 6.73. The van der Waals surface area contributed by atoms with Crippen LogP contribution in [0.3, 0.4) is 0 Å². The van der Waals surface area contributed by atoms with Crippen LogP contribution in [0.5, 0.6) is 5.75 Å². The molecule has 8 nitrogen and oxygen atoms in total. The number of H-pyrrole nitrogens is 1. The van der Waals surface area contributed by atoms with Crippen molar-refractivity contribution in [1.29, 1.82) is 0 Å². The van der Waals surface area contributed by atoms with Gasteiger partial charge in [-0.25, -0.2) is 4.98 Å². The molecule has 1 atom stereocenters. The van der Waals surface area contributed by atoms with E-state index in [1.807, 2.05) is 11.8 Å². The second-order valence-electron chi connectivity index (χ2n) is 6.73. The first-order valence-electron chi connectivity index (χ1n) is 9.23. The zero-order chi connectivity index (χ0) is 19.2. The summed E-state index contributed by atoms with van der Waals surface area (Å²) in [5.41, 5.74) is 0.456. The smallest absolute Gasteiger partial charge is 0.260 e. The van der Waals surface area contributed by atoms with Gasteiger partial charge in [-0.1, -0.05) is 6.07 Å². The van der Waals surface area contributed by atoms with E-state index >= 15 is 0 Å². The van der Waals surface area contributed by atoms with Crippen molar-refractivity contribution in [2.24, 2.45) is 0 Å². The summed E-state index contributed by atoms with van der Waals surface area (Å²) in [6, 6.07) is 6.48. The van der Waals surface area contributed by atoms with Crippen molar-refractivity contribution in [2.75, 3.05) is 19.7 Å². The van der Waals surface area contributed by atoms with Gasteiger partial charge in [0.25, 0.3) is 11.8 Å². The number of carbonyl (C=O) groups excluding carboxylic acids is 2. The molecule has 144 valence electrons. The molecule has 1 aliphatic heterocycles. The van der Waals surface area contributed by atoms with Crippen molar-refractivity contribution in [3.63, 3.8) is 0 Å². The molecule has 1 aliphatic rings. The molecule has 8 heteroatoms. The number of likely N-dealkylation sites (tertiary alicyclic amines) is 1. The number of nitrogens with zero attached hydrogens (tertiary/aromatic N) is 3. The molecule has 1 fully saturated rings. The Morgan fingerprint density at radius 1 is 1.30 bits per heavy atom. The first-order valence-corrected chi connectivity index (χ1v) is 9.23. The number of rotatable bonds is 6. The van der Waals surface area contributed by atoms with Gasteiger partial charge in [0.15, 0.2) is 12.4 Å². The Labute approximate surface area is 158 Å². The Morgan fingerprint density at radius 3 is 2.78 bits per heavy atom. The molecule has 1 saturated heterocycles. The maximum atomic E-state index is 12.5. The highest BCUT2D eigenvalue weighted by Crippen LogP contribution is 2.16. The lowest BCUT2D eigenvalue weighted by Crippen LogP contribution is -2.38. The third-order valence-electron chi connectivity index (χ3n) is 4.52. The van der Waals surface area contributed by atoms with E-state index in [1.54, 1.807) is 31.2 Å². The van der Waals surface area contributed by atoms with Crippen molar-refractivity contribution in [1.82, 2.24) is 25.4 Å². The molecular formula is C19H25N5O3. The highest BCUT2D eigenvalue weighted by Gasteiger charge is 2.18. The van der Waals surface area contributed by atoms with Gasteiger partial charge in [0, 0.05) is 18.7 Å². The fourth-order valence-corrected chi connectivity index (χ4v) is 3.00. The average Bonchev–Trinajstić information content (AvgIpc) is 3.13. The van der Waals surface area contributed by atoms with Gasteiger partial charge in [0.2, 0.25) is 0 Å². The van der Waals surface area contributed by atoms with Crippen molar-refractivity contribution < 1.29 is 14.3 Å². The summed E-state index contributed by atoms with van der Waals surface area (Å²) in [6.45, 7) is 5.19. The lowest BCUT2D eigenvalue weighted by atomic mass is 10.1. The first kappa shape index (κ1) is 18.9. The molecule has 2 aromatic rings. The topological polar surface area (TPSA) is 100 Å². The molecule has 0 saturated carbocycles. The van der Waals surface area contributed by atoms with Gasteiger partial charge in [0.1, 0.15) is 11.6 Å². The lowest BCUT2D eigenvalue weighted by molar-refractivity contribution is -0.134. The van der Waals surface area contributed by atoms with E-state index < -0.39 is 0 Å². The van der Waals surface area contributed by atoms with E-state index in [-0.39, 0.29) is 24.5 Å². The number of benzene rings is 1. The number of nitrogens with one attached hydrogen (secondary N) is 2. The Hall–Kier alpha value is -2.90. The molecule has 2 amide bonds. The highest BCUT2D eigenvalue weighted by atomic mass is 16.5. The Balaban J connectivity index is 1.56. The SMILES string of the molecule is Cc1nc([C@@H](C)NC(=O)c2cccc(OCC(=O)N3CCCCC3)c2)n[nH]1. The van der Waals surface area contributed by atoms with Crippen molar-refractivity contribution in [2.45, 2.75) is 39.2 Å². The molecule has 2 heterocycles. The largest absolute Gasteiger partial charge is 0.484 e. The van der Waals surface area contributed by atoms with Crippen LogP contribution in [0.1, 0.15) is 54.2 Å². The van der Waals surface area contributed by atoms with Crippen LogP contribution in [0.15, 0.2) is 24.3 Å². The van der Waals surface area contributed by atoms with Gasteiger partial charge in [-0.05, 0) is 51.3 Å². The number of hydrogen-bond acceptors (Lipinski definition) is 5. The van der Waals surface area contributed by atoms with Crippen LogP contribution in [-0.4, -0.2) is 51.6 Å². The third kappa shape index (κ3) is 5.06. The van der Waals surface area contributed by atoms with Gasteiger partial charge >= 0.3 is 0 Å². The number of hydrogen-bond donors (Lipinski definition) is 2. The summed E-state index contributed by atoms with van der Waals surface area (Å²) >= 11 is 0. The fourth-order valence-electron chi connectivity index (χ4n) is 3.00. The Morgan fingerprint density at radius 2 is 2.07 bits per heavy atom. The number of carbonyl (C=O) groups is 2. The molecule has 27 heavy (non-hydrogen) atoms. The van der Waals surface area contributed by atoms with E-state index in [4.69, 9.17) is 4.74 Å². The maximum absolute atomic E-state index is 12.5. The number of amides is 2. The van der Waals surface area contributed by atoms with E-state index in [0.29, 0.717) is 23.0 Å². The van der Waals surface area contributed by atoms with Gasteiger partial charge < -0.3 is 15.0 Å². The van der Waals surface area contributed by atoms with E-state index in [9.17, 15) is 9.59 Å². The van der Waals surface area contributed by atoms with Crippen LogP contribution in [0, 0.1) is 6.92 Å². The van der Waals surface area contributed by atoms with E-state index in [1.165, 1.54) is 6.42 Å². The molecule has 0 aliphatic carbocycles. The van der Waals surface area contributed by atoms with E-state index in [0.717, 1.165) is 25.9 Å². The summed E-state index contributed by atoms with van der Waals surface area (Å²) in [5, 5.41) is 9.67. The molecule has 0 bridgehead atoms. The molecule has 2 N–H and O–H groups in total. The van der Waals surface area contributed by atoms with Gasteiger partial charge in [-0.15, -0.1) is 0 Å². The minimum absolute atomic E-state index is 0.0156. The van der Waals surface area contributed by atoms with Crippen LogP contribution in [0.2, 0.25) is 0 Å². The molecule has 3 rings (SSSR count). The lowest BCUT2D eigenvalue weighted by Gasteiger charge is -2.26. The number of aromatic amines is 1. The van der Waals surface area contributed by atoms with Crippen LogP contribution >= 0.6 is 0 Å². The minimum atomic E-state index is -0.326. The van der Waals surface area contributed by atoms with Crippen LogP contribution in [-0.2, 0) is 4.79 Å². The van der Waals surface area contributed by atoms with Gasteiger partial charge in [-0.2, -0.15) is 5.10 Å². The van der Waals surface area contributed by atoms with Crippen LogP contribution in [0.25, 0.3) is 0 Å². The van der Waals surface area contributed by atoms with Crippen molar-refractivity contribution >= 4 is 11.8 Å². The number of piperidine rings is 1. The predicted octanol–water partition coefficient (Wildman–Crippen LogP) is 2.00. The van der Waals surface area contributed by atoms with Crippen LogP contribution in [0.4, 0.5) is 0 Å². The molecule has 1 aromatic carbocycles. The van der Waals surface area contributed by atoms with Crippen molar-refractivity contribution in [3.8, 4) is 5.75 Å². The summed E-state index contributed by atoms with van der Waals surface area (Å²) in [4.78, 5) is 30.7. The summed E-state index contributed by atoms with van der Waals surface area (Å²) in [5.74, 6) is 1.45. The maximum Gasteiger partial charge on any atom is 0.260 e. The van der Waals surface area contributed by atoms with E-state index in [2.05, 4.69) is 20.5 Å².